The number of aryl methyl sites for hydroxylation is 1. The number of rotatable bonds is 2. The maximum Gasteiger partial charge on any atom is 0.274 e. The summed E-state index contributed by atoms with van der Waals surface area (Å²) in [5, 5.41) is 0.735. The Bertz CT molecular complexity index is 669. The Hall–Kier alpha value is -2.14. The molecule has 0 saturated carbocycles. The van der Waals surface area contributed by atoms with Crippen LogP contribution in [0.3, 0.4) is 0 Å². The van der Waals surface area contributed by atoms with Gasteiger partial charge in [-0.1, -0.05) is 17.7 Å². The minimum absolute atomic E-state index is 0.0597. The number of benzene rings is 1. The van der Waals surface area contributed by atoms with Gasteiger partial charge in [0.25, 0.3) is 5.91 Å². The number of anilines is 1. The van der Waals surface area contributed by atoms with Crippen molar-refractivity contribution in [1.29, 1.82) is 0 Å². The van der Waals surface area contributed by atoms with Crippen LogP contribution in [0.5, 0.6) is 0 Å². The van der Waals surface area contributed by atoms with Crippen LogP contribution in [0.2, 0.25) is 5.02 Å². The first-order valence-electron chi connectivity index (χ1n) is 7.21. The molecule has 1 aliphatic heterocycles. The Morgan fingerprint density at radius 3 is 2.64 bits per heavy atom. The van der Waals surface area contributed by atoms with Crippen LogP contribution in [-0.2, 0) is 0 Å². The molecule has 0 bridgehead atoms. The molecule has 3 rings (SSSR count). The maximum atomic E-state index is 12.3. The second-order valence-corrected chi connectivity index (χ2v) is 5.74. The Labute approximate surface area is 134 Å². The second-order valence-electron chi connectivity index (χ2n) is 5.30. The molecular formula is C16H17ClN4O. The van der Waals surface area contributed by atoms with E-state index in [0.29, 0.717) is 18.8 Å². The Morgan fingerprint density at radius 2 is 1.95 bits per heavy atom. The van der Waals surface area contributed by atoms with Crippen molar-refractivity contribution in [3.05, 3.63) is 53.1 Å². The molecule has 1 amide bonds. The van der Waals surface area contributed by atoms with Gasteiger partial charge in [0, 0.05) is 49.3 Å². The second kappa shape index (κ2) is 6.32. The monoisotopic (exact) mass is 316 g/mol. The Kier molecular flexibility index (Phi) is 4.24. The van der Waals surface area contributed by atoms with Gasteiger partial charge >= 0.3 is 0 Å². The zero-order valence-corrected chi connectivity index (χ0v) is 13.1. The molecule has 1 aliphatic rings. The van der Waals surface area contributed by atoms with Gasteiger partial charge in [-0.05, 0) is 24.6 Å². The first-order valence-corrected chi connectivity index (χ1v) is 7.59. The van der Waals surface area contributed by atoms with Gasteiger partial charge in [-0.25, -0.2) is 4.98 Å². The standard InChI is InChI=1S/C16H17ClN4O/c1-12-2-3-13(17)10-15(12)20-6-8-21(9-7-20)16(22)14-11-18-4-5-19-14/h2-5,10-11H,6-9H2,1H3. The van der Waals surface area contributed by atoms with E-state index in [4.69, 9.17) is 11.6 Å². The summed E-state index contributed by atoms with van der Waals surface area (Å²) in [6, 6.07) is 5.90. The van der Waals surface area contributed by atoms with Crippen LogP contribution >= 0.6 is 11.6 Å². The van der Waals surface area contributed by atoms with Crippen LogP contribution in [0, 0.1) is 6.92 Å². The van der Waals surface area contributed by atoms with E-state index in [1.807, 2.05) is 23.1 Å². The van der Waals surface area contributed by atoms with E-state index < -0.39 is 0 Å². The first kappa shape index (κ1) is 14.8. The highest BCUT2D eigenvalue weighted by Crippen LogP contribution is 2.25. The van der Waals surface area contributed by atoms with Crippen molar-refractivity contribution < 1.29 is 4.79 Å². The number of aromatic nitrogens is 2. The van der Waals surface area contributed by atoms with Gasteiger partial charge in [0.15, 0.2) is 0 Å². The van der Waals surface area contributed by atoms with Gasteiger partial charge in [-0.3, -0.25) is 9.78 Å². The van der Waals surface area contributed by atoms with Crippen LogP contribution in [0.15, 0.2) is 36.8 Å². The average Bonchev–Trinajstić information content (AvgIpc) is 2.57. The zero-order chi connectivity index (χ0) is 15.5. The summed E-state index contributed by atoms with van der Waals surface area (Å²) >= 11 is 6.09. The summed E-state index contributed by atoms with van der Waals surface area (Å²) in [6.45, 7) is 4.98. The van der Waals surface area contributed by atoms with Gasteiger partial charge in [-0.15, -0.1) is 0 Å². The average molecular weight is 317 g/mol. The molecule has 0 N–H and O–H groups in total. The third-order valence-corrected chi connectivity index (χ3v) is 4.10. The Morgan fingerprint density at radius 1 is 1.18 bits per heavy atom. The number of halogens is 1. The van der Waals surface area contributed by atoms with Crippen LogP contribution in [0.4, 0.5) is 5.69 Å². The SMILES string of the molecule is Cc1ccc(Cl)cc1N1CCN(C(=O)c2cnccn2)CC1. The smallest absolute Gasteiger partial charge is 0.274 e. The molecule has 0 radical (unpaired) electrons. The molecular weight excluding hydrogens is 300 g/mol. The lowest BCUT2D eigenvalue weighted by atomic mass is 10.1. The van der Waals surface area contributed by atoms with Crippen molar-refractivity contribution in [2.45, 2.75) is 6.92 Å². The molecule has 5 nitrogen and oxygen atoms in total. The summed E-state index contributed by atoms with van der Waals surface area (Å²) in [7, 11) is 0. The number of carbonyl (C=O) groups excluding carboxylic acids is 1. The largest absolute Gasteiger partial charge is 0.368 e. The predicted octanol–water partition coefficient (Wildman–Crippen LogP) is 2.40. The lowest BCUT2D eigenvalue weighted by molar-refractivity contribution is 0.0740. The molecule has 1 saturated heterocycles. The van der Waals surface area contributed by atoms with Crippen molar-refractivity contribution in [3.63, 3.8) is 0 Å². The molecule has 0 spiro atoms. The van der Waals surface area contributed by atoms with Crippen molar-refractivity contribution >= 4 is 23.2 Å². The van der Waals surface area contributed by atoms with Crippen molar-refractivity contribution in [3.8, 4) is 0 Å². The van der Waals surface area contributed by atoms with Gasteiger partial charge in [0.2, 0.25) is 0 Å². The quantitative estimate of drug-likeness (QED) is 0.853. The summed E-state index contributed by atoms with van der Waals surface area (Å²) in [5.74, 6) is -0.0597. The lowest BCUT2D eigenvalue weighted by Crippen LogP contribution is -2.49. The van der Waals surface area contributed by atoms with E-state index >= 15 is 0 Å². The van der Waals surface area contributed by atoms with E-state index in [1.165, 1.54) is 11.8 Å². The van der Waals surface area contributed by atoms with E-state index in [0.717, 1.165) is 23.8 Å². The molecule has 2 aromatic rings. The van der Waals surface area contributed by atoms with E-state index in [9.17, 15) is 4.79 Å². The number of hydrogen-bond acceptors (Lipinski definition) is 4. The van der Waals surface area contributed by atoms with Gasteiger partial charge < -0.3 is 9.80 Å². The van der Waals surface area contributed by atoms with Crippen molar-refractivity contribution in [2.24, 2.45) is 0 Å². The summed E-state index contributed by atoms with van der Waals surface area (Å²) in [5.41, 5.74) is 2.73. The maximum absolute atomic E-state index is 12.3. The summed E-state index contributed by atoms with van der Waals surface area (Å²) < 4.78 is 0. The molecule has 0 atom stereocenters. The molecule has 1 fully saturated rings. The fourth-order valence-corrected chi connectivity index (χ4v) is 2.81. The van der Waals surface area contributed by atoms with Crippen LogP contribution in [0.1, 0.15) is 16.1 Å². The first-order chi connectivity index (χ1) is 10.6. The third kappa shape index (κ3) is 3.04. The van der Waals surface area contributed by atoms with Gasteiger partial charge in [-0.2, -0.15) is 0 Å². The minimum atomic E-state index is -0.0597. The van der Waals surface area contributed by atoms with E-state index in [-0.39, 0.29) is 5.91 Å². The number of hydrogen-bond donors (Lipinski definition) is 0. The molecule has 0 aliphatic carbocycles. The number of nitrogens with zero attached hydrogens (tertiary/aromatic N) is 4. The number of carbonyl (C=O) groups is 1. The molecule has 22 heavy (non-hydrogen) atoms. The highest BCUT2D eigenvalue weighted by Gasteiger charge is 2.23. The summed E-state index contributed by atoms with van der Waals surface area (Å²) in [4.78, 5) is 24.5. The Balaban J connectivity index is 1.68. The molecule has 1 aromatic carbocycles. The molecule has 1 aromatic heterocycles. The fourth-order valence-electron chi connectivity index (χ4n) is 2.65. The molecule has 114 valence electrons. The molecule has 6 heteroatoms. The van der Waals surface area contributed by atoms with Gasteiger partial charge in [0.05, 0.1) is 6.20 Å². The van der Waals surface area contributed by atoms with Crippen molar-refractivity contribution in [2.75, 3.05) is 31.1 Å². The topological polar surface area (TPSA) is 49.3 Å². The number of amides is 1. The predicted molar refractivity (Wildman–Crippen MR) is 86.3 cm³/mol. The molecule has 2 heterocycles. The molecule has 0 unspecified atom stereocenters. The summed E-state index contributed by atoms with van der Waals surface area (Å²) in [6.07, 6.45) is 4.62. The van der Waals surface area contributed by atoms with Crippen LogP contribution in [-0.4, -0.2) is 47.0 Å². The number of piperazine rings is 1. The lowest BCUT2D eigenvalue weighted by Gasteiger charge is -2.36. The van der Waals surface area contributed by atoms with Crippen LogP contribution < -0.4 is 4.90 Å². The van der Waals surface area contributed by atoms with E-state index in [2.05, 4.69) is 21.8 Å². The third-order valence-electron chi connectivity index (χ3n) is 3.86. The highest BCUT2D eigenvalue weighted by molar-refractivity contribution is 6.30. The normalized spacial score (nSPS) is 15.0. The highest BCUT2D eigenvalue weighted by atomic mass is 35.5. The zero-order valence-electron chi connectivity index (χ0n) is 12.4. The van der Waals surface area contributed by atoms with Gasteiger partial charge in [0.1, 0.15) is 5.69 Å². The van der Waals surface area contributed by atoms with E-state index in [1.54, 1.807) is 12.4 Å². The van der Waals surface area contributed by atoms with Crippen LogP contribution in [0.25, 0.3) is 0 Å². The minimum Gasteiger partial charge on any atom is -0.368 e. The fraction of sp³-hybridized carbons (Fsp3) is 0.312. The van der Waals surface area contributed by atoms with Crippen molar-refractivity contribution in [1.82, 2.24) is 14.9 Å².